The summed E-state index contributed by atoms with van der Waals surface area (Å²) in [4.78, 5) is 23.6. The number of rotatable bonds is 5. The number of hydrogen-bond acceptors (Lipinski definition) is 3. The van der Waals surface area contributed by atoms with Crippen LogP contribution in [-0.4, -0.2) is 22.4 Å². The Morgan fingerprint density at radius 2 is 1.96 bits per heavy atom. The molecule has 0 fully saturated rings. The van der Waals surface area contributed by atoms with Gasteiger partial charge < -0.3 is 10.1 Å². The van der Waals surface area contributed by atoms with E-state index in [9.17, 15) is 22.8 Å². The van der Waals surface area contributed by atoms with E-state index in [1.54, 1.807) is 24.3 Å². The van der Waals surface area contributed by atoms with Gasteiger partial charge in [-0.05, 0) is 6.07 Å². The minimum Gasteiger partial charge on any atom is -0.496 e. The second-order valence-electron chi connectivity index (χ2n) is 5.04. The van der Waals surface area contributed by atoms with Crippen molar-refractivity contribution in [2.24, 2.45) is 7.05 Å². The molecule has 0 spiro atoms. The van der Waals surface area contributed by atoms with Crippen LogP contribution < -0.4 is 15.6 Å². The van der Waals surface area contributed by atoms with Crippen LogP contribution in [0.2, 0.25) is 0 Å². The zero-order chi connectivity index (χ0) is 17.9. The van der Waals surface area contributed by atoms with Gasteiger partial charge in [0.15, 0.2) is 0 Å². The predicted molar refractivity (Wildman–Crippen MR) is 79.5 cm³/mol. The minimum absolute atomic E-state index is 0.133. The highest BCUT2D eigenvalue weighted by molar-refractivity contribution is 5.75. The number of nitrogens with one attached hydrogen (secondary N) is 1. The van der Waals surface area contributed by atoms with Crippen LogP contribution in [0.1, 0.15) is 11.3 Å². The van der Waals surface area contributed by atoms with Crippen molar-refractivity contribution in [2.75, 3.05) is 7.11 Å². The Balaban J connectivity index is 2.08. The van der Waals surface area contributed by atoms with Crippen LogP contribution in [0.15, 0.2) is 35.1 Å². The third kappa shape index (κ3) is 3.79. The summed E-state index contributed by atoms with van der Waals surface area (Å²) in [6.07, 6.45) is -4.66. The first-order valence-electron chi connectivity index (χ1n) is 6.96. The molecule has 1 amide bonds. The molecule has 0 radical (unpaired) electrons. The number of nitrogens with zero attached hydrogens (tertiary/aromatic N) is 2. The molecule has 0 saturated heterocycles. The lowest BCUT2D eigenvalue weighted by atomic mass is 10.2. The van der Waals surface area contributed by atoms with Gasteiger partial charge in [0.2, 0.25) is 5.91 Å². The topological polar surface area (TPSA) is 65.3 Å². The summed E-state index contributed by atoms with van der Waals surface area (Å²) in [5.74, 6) is -0.00822. The van der Waals surface area contributed by atoms with E-state index < -0.39 is 29.9 Å². The van der Waals surface area contributed by atoms with E-state index in [1.165, 1.54) is 7.11 Å². The number of halogens is 3. The molecule has 2 rings (SSSR count). The number of carbonyl (C=O) groups is 1. The number of methoxy groups -OCH3 is 1. The van der Waals surface area contributed by atoms with E-state index in [4.69, 9.17) is 4.74 Å². The second-order valence-corrected chi connectivity index (χ2v) is 5.04. The molecule has 0 aliphatic rings. The summed E-state index contributed by atoms with van der Waals surface area (Å²) >= 11 is 0. The quantitative estimate of drug-likeness (QED) is 0.895. The number of amides is 1. The monoisotopic (exact) mass is 343 g/mol. The normalized spacial score (nSPS) is 11.4. The summed E-state index contributed by atoms with van der Waals surface area (Å²) in [6, 6.07) is 7.47. The summed E-state index contributed by atoms with van der Waals surface area (Å²) in [5, 5.41) is 2.55. The average Bonchev–Trinajstić information content (AvgIpc) is 2.81. The van der Waals surface area contributed by atoms with Gasteiger partial charge in [0.25, 0.3) is 5.56 Å². The first-order chi connectivity index (χ1) is 11.2. The molecule has 1 N–H and O–H groups in total. The highest BCUT2D eigenvalue weighted by atomic mass is 19.4. The molecule has 2 aromatic rings. The molecule has 0 aliphatic heterocycles. The van der Waals surface area contributed by atoms with Crippen molar-refractivity contribution < 1.29 is 22.7 Å². The summed E-state index contributed by atoms with van der Waals surface area (Å²) in [6.45, 7) is -0.380. The van der Waals surface area contributed by atoms with Crippen molar-refractivity contribution >= 4 is 5.91 Å². The summed E-state index contributed by atoms with van der Waals surface area (Å²) in [5.41, 5.74) is -1.29. The lowest BCUT2D eigenvalue weighted by Gasteiger charge is -2.13. The molecule has 0 aliphatic carbocycles. The average molecular weight is 343 g/mol. The van der Waals surface area contributed by atoms with Gasteiger partial charge in [-0.2, -0.15) is 13.2 Å². The fraction of sp³-hybridized carbons (Fsp3) is 0.333. The van der Waals surface area contributed by atoms with Crippen LogP contribution in [0.4, 0.5) is 13.2 Å². The number of benzene rings is 1. The van der Waals surface area contributed by atoms with Crippen molar-refractivity contribution in [2.45, 2.75) is 19.3 Å². The van der Waals surface area contributed by atoms with Crippen LogP contribution >= 0.6 is 0 Å². The van der Waals surface area contributed by atoms with Crippen molar-refractivity contribution in [1.82, 2.24) is 14.7 Å². The van der Waals surface area contributed by atoms with E-state index in [1.807, 2.05) is 0 Å². The molecule has 6 nitrogen and oxygen atoms in total. The Bertz CT molecular complexity index is 793. The zero-order valence-corrected chi connectivity index (χ0v) is 13.1. The Kier molecular flexibility index (Phi) is 5.01. The van der Waals surface area contributed by atoms with Gasteiger partial charge in [-0.25, -0.2) is 4.68 Å². The van der Waals surface area contributed by atoms with Gasteiger partial charge in [0.1, 0.15) is 18.0 Å². The minimum atomic E-state index is -4.66. The Hall–Kier alpha value is -2.71. The highest BCUT2D eigenvalue weighted by Crippen LogP contribution is 2.27. The van der Waals surface area contributed by atoms with Gasteiger partial charge in [-0.3, -0.25) is 14.3 Å². The number of ether oxygens (including phenoxy) is 1. The maximum Gasteiger partial charge on any atom is 0.433 e. The fourth-order valence-corrected chi connectivity index (χ4v) is 2.25. The molecule has 0 unspecified atom stereocenters. The molecular formula is C15H16F3N3O3. The van der Waals surface area contributed by atoms with Crippen molar-refractivity contribution in [3.8, 4) is 5.75 Å². The molecule has 24 heavy (non-hydrogen) atoms. The first kappa shape index (κ1) is 17.6. The van der Waals surface area contributed by atoms with Crippen molar-refractivity contribution in [1.29, 1.82) is 0 Å². The molecule has 1 aromatic heterocycles. The van der Waals surface area contributed by atoms with Gasteiger partial charge >= 0.3 is 6.18 Å². The lowest BCUT2D eigenvalue weighted by molar-refractivity contribution is -0.144. The number of alkyl halides is 3. The fourth-order valence-electron chi connectivity index (χ4n) is 2.25. The van der Waals surface area contributed by atoms with Crippen LogP contribution in [0.3, 0.4) is 0 Å². The molecular weight excluding hydrogens is 327 g/mol. The summed E-state index contributed by atoms with van der Waals surface area (Å²) in [7, 11) is 2.57. The lowest BCUT2D eigenvalue weighted by Crippen LogP contribution is -2.33. The maximum atomic E-state index is 12.7. The third-order valence-corrected chi connectivity index (χ3v) is 3.48. The van der Waals surface area contributed by atoms with E-state index in [2.05, 4.69) is 5.32 Å². The molecule has 130 valence electrons. The standard InChI is InChI=1S/C15H16F3N3O3/c1-20-12(15(16,17)18)7-14(23)21(20)9-13(22)19-8-10-5-3-4-6-11(10)24-2/h3-7H,8-9H2,1-2H3,(H,19,22). The summed E-state index contributed by atoms with van der Waals surface area (Å²) < 4.78 is 44.7. The molecule has 1 aromatic carbocycles. The molecule has 0 bridgehead atoms. The molecule has 9 heteroatoms. The number of aromatic nitrogens is 2. The maximum absolute atomic E-state index is 12.7. The second kappa shape index (κ2) is 6.81. The van der Waals surface area contributed by atoms with E-state index in [0.29, 0.717) is 22.1 Å². The predicted octanol–water partition coefficient (Wildman–Crippen LogP) is 1.53. The zero-order valence-electron chi connectivity index (χ0n) is 13.1. The Labute approximate surface area is 135 Å². The number of hydrogen-bond donors (Lipinski definition) is 1. The molecule has 0 saturated carbocycles. The van der Waals surface area contributed by atoms with Crippen LogP contribution in [0, 0.1) is 0 Å². The first-order valence-corrected chi connectivity index (χ1v) is 6.96. The van der Waals surface area contributed by atoms with Crippen molar-refractivity contribution in [3.63, 3.8) is 0 Å². The van der Waals surface area contributed by atoms with Crippen molar-refractivity contribution in [3.05, 3.63) is 51.9 Å². The SMILES string of the molecule is COc1ccccc1CNC(=O)Cn1c(=O)cc(C(F)(F)F)n1C. The van der Waals surface area contributed by atoms with Crippen LogP contribution in [-0.2, 0) is 31.1 Å². The molecule has 0 atom stereocenters. The van der Waals surface area contributed by atoms with Gasteiger partial charge in [0, 0.05) is 25.2 Å². The van der Waals surface area contributed by atoms with Gasteiger partial charge in [-0.1, -0.05) is 18.2 Å². The van der Waals surface area contributed by atoms with Gasteiger partial charge in [0.05, 0.1) is 7.11 Å². The van der Waals surface area contributed by atoms with E-state index in [0.717, 1.165) is 11.7 Å². The Morgan fingerprint density at radius 3 is 2.54 bits per heavy atom. The smallest absolute Gasteiger partial charge is 0.433 e. The number of carbonyl (C=O) groups excluding carboxylic acids is 1. The largest absolute Gasteiger partial charge is 0.496 e. The third-order valence-electron chi connectivity index (χ3n) is 3.48. The molecule has 1 heterocycles. The number of para-hydroxylation sites is 1. The highest BCUT2D eigenvalue weighted by Gasteiger charge is 2.35. The van der Waals surface area contributed by atoms with Crippen LogP contribution in [0.25, 0.3) is 0 Å². The van der Waals surface area contributed by atoms with Gasteiger partial charge in [-0.15, -0.1) is 0 Å². The van der Waals surface area contributed by atoms with Crippen LogP contribution in [0.5, 0.6) is 5.75 Å². The van der Waals surface area contributed by atoms with E-state index >= 15 is 0 Å². The van der Waals surface area contributed by atoms with E-state index in [-0.39, 0.29) is 6.54 Å². The Morgan fingerprint density at radius 1 is 1.29 bits per heavy atom.